The smallest absolute Gasteiger partial charge is 0.177 e. The third-order valence-electron chi connectivity index (χ3n) is 2.73. The lowest BCUT2D eigenvalue weighted by atomic mass is 10.1. The van der Waals surface area contributed by atoms with Crippen LogP contribution in [0, 0.1) is 0 Å². The number of hydrogen-bond acceptors (Lipinski definition) is 3. The highest BCUT2D eigenvalue weighted by molar-refractivity contribution is 5.71. The van der Waals surface area contributed by atoms with Crippen LogP contribution in [-0.2, 0) is 7.05 Å². The number of aryl methyl sites for hydroxylation is 1. The number of hydrogen-bond donors (Lipinski definition) is 1. The molecule has 0 aliphatic heterocycles. The maximum atomic E-state index is 5.56. The minimum atomic E-state index is 0.384. The van der Waals surface area contributed by atoms with Crippen molar-refractivity contribution in [2.75, 3.05) is 6.54 Å². The summed E-state index contributed by atoms with van der Waals surface area (Å²) >= 11 is 0. The van der Waals surface area contributed by atoms with Crippen LogP contribution in [0.4, 0.5) is 0 Å². The van der Waals surface area contributed by atoms with Gasteiger partial charge in [-0.15, -0.1) is 0 Å². The molecule has 0 saturated heterocycles. The molecule has 2 heterocycles. The third-order valence-corrected chi connectivity index (χ3v) is 2.73. The Morgan fingerprint density at radius 3 is 3.00 bits per heavy atom. The molecule has 0 aliphatic carbocycles. The van der Waals surface area contributed by atoms with Crippen LogP contribution in [0.5, 0.6) is 0 Å². The monoisotopic (exact) mass is 204 g/mol. The summed E-state index contributed by atoms with van der Waals surface area (Å²) in [4.78, 5) is 8.77. The second kappa shape index (κ2) is 3.98. The molecule has 15 heavy (non-hydrogen) atoms. The van der Waals surface area contributed by atoms with Gasteiger partial charge >= 0.3 is 0 Å². The molecular formula is C11H16N4. The van der Waals surface area contributed by atoms with Gasteiger partial charge in [-0.05, 0) is 25.1 Å². The van der Waals surface area contributed by atoms with Crippen molar-refractivity contribution in [3.63, 3.8) is 0 Å². The molecule has 2 rings (SSSR count). The van der Waals surface area contributed by atoms with E-state index in [1.54, 1.807) is 6.20 Å². The van der Waals surface area contributed by atoms with Crippen LogP contribution in [0.25, 0.3) is 11.2 Å². The van der Waals surface area contributed by atoms with Crippen molar-refractivity contribution >= 4 is 11.2 Å². The van der Waals surface area contributed by atoms with E-state index in [2.05, 4.69) is 21.5 Å². The van der Waals surface area contributed by atoms with Crippen molar-refractivity contribution in [2.45, 2.75) is 19.3 Å². The Labute approximate surface area is 89.1 Å². The molecule has 4 nitrogen and oxygen atoms in total. The van der Waals surface area contributed by atoms with E-state index in [1.165, 1.54) is 0 Å². The maximum Gasteiger partial charge on any atom is 0.177 e. The Hall–Kier alpha value is -1.42. The molecular weight excluding hydrogens is 188 g/mol. The summed E-state index contributed by atoms with van der Waals surface area (Å²) in [5, 5.41) is 0. The highest BCUT2D eigenvalue weighted by Gasteiger charge is 2.13. The van der Waals surface area contributed by atoms with Crippen molar-refractivity contribution in [1.29, 1.82) is 0 Å². The van der Waals surface area contributed by atoms with Crippen molar-refractivity contribution in [3.8, 4) is 0 Å². The van der Waals surface area contributed by atoms with Crippen molar-refractivity contribution < 1.29 is 0 Å². The number of pyridine rings is 1. The molecule has 0 aromatic carbocycles. The van der Waals surface area contributed by atoms with Gasteiger partial charge in [-0.3, -0.25) is 0 Å². The molecule has 0 bridgehead atoms. The predicted molar refractivity (Wildman–Crippen MR) is 60.6 cm³/mol. The maximum absolute atomic E-state index is 5.56. The zero-order chi connectivity index (χ0) is 10.8. The first-order chi connectivity index (χ1) is 7.24. The number of aromatic nitrogens is 3. The van der Waals surface area contributed by atoms with E-state index in [4.69, 9.17) is 5.73 Å². The van der Waals surface area contributed by atoms with Gasteiger partial charge in [0.2, 0.25) is 0 Å². The first kappa shape index (κ1) is 10.1. The standard InChI is InChI=1S/C11H16N4/c1-8(5-6-12)11-14-10-9(15(11)2)4-3-7-13-10/h3-4,7-8H,5-6,12H2,1-2H3. The zero-order valence-corrected chi connectivity index (χ0v) is 9.14. The Kier molecular flexibility index (Phi) is 2.68. The van der Waals surface area contributed by atoms with Gasteiger partial charge in [0.25, 0.3) is 0 Å². The van der Waals surface area contributed by atoms with Crippen LogP contribution < -0.4 is 5.73 Å². The first-order valence-electron chi connectivity index (χ1n) is 5.21. The Bertz CT molecular complexity index is 461. The quantitative estimate of drug-likeness (QED) is 0.822. The fourth-order valence-corrected chi connectivity index (χ4v) is 1.86. The average molecular weight is 204 g/mol. The topological polar surface area (TPSA) is 56.7 Å². The lowest BCUT2D eigenvalue weighted by molar-refractivity contribution is 0.623. The lowest BCUT2D eigenvalue weighted by Crippen LogP contribution is -2.08. The molecule has 0 spiro atoms. The number of nitrogens with zero attached hydrogens (tertiary/aromatic N) is 3. The van der Waals surface area contributed by atoms with Gasteiger partial charge in [0.05, 0.1) is 5.52 Å². The average Bonchev–Trinajstić information content (AvgIpc) is 2.57. The molecule has 1 unspecified atom stereocenters. The third kappa shape index (κ3) is 1.72. The molecule has 4 heteroatoms. The minimum absolute atomic E-state index is 0.384. The summed E-state index contributed by atoms with van der Waals surface area (Å²) in [6.07, 6.45) is 2.73. The molecule has 2 aromatic heterocycles. The molecule has 0 radical (unpaired) electrons. The molecule has 0 aliphatic rings. The fraction of sp³-hybridized carbons (Fsp3) is 0.455. The molecule has 2 N–H and O–H groups in total. The van der Waals surface area contributed by atoms with Gasteiger partial charge in [0.15, 0.2) is 5.65 Å². The Morgan fingerprint density at radius 1 is 1.53 bits per heavy atom. The van der Waals surface area contributed by atoms with Gasteiger partial charge < -0.3 is 10.3 Å². The fourth-order valence-electron chi connectivity index (χ4n) is 1.86. The van der Waals surface area contributed by atoms with Gasteiger partial charge in [0, 0.05) is 19.2 Å². The van der Waals surface area contributed by atoms with Crippen molar-refractivity contribution in [2.24, 2.45) is 12.8 Å². The highest BCUT2D eigenvalue weighted by atomic mass is 15.1. The summed E-state index contributed by atoms with van der Waals surface area (Å²) < 4.78 is 2.10. The van der Waals surface area contributed by atoms with E-state index in [0.29, 0.717) is 12.5 Å². The first-order valence-corrected chi connectivity index (χ1v) is 5.21. The summed E-state index contributed by atoms with van der Waals surface area (Å²) in [5.41, 5.74) is 7.46. The van der Waals surface area contributed by atoms with Gasteiger partial charge in [-0.1, -0.05) is 6.92 Å². The van der Waals surface area contributed by atoms with Crippen LogP contribution in [0.1, 0.15) is 25.1 Å². The summed E-state index contributed by atoms with van der Waals surface area (Å²) in [7, 11) is 2.03. The molecule has 0 saturated carbocycles. The summed E-state index contributed by atoms with van der Waals surface area (Å²) in [6.45, 7) is 2.84. The van der Waals surface area contributed by atoms with E-state index in [1.807, 2.05) is 19.2 Å². The van der Waals surface area contributed by atoms with E-state index < -0.39 is 0 Å². The van der Waals surface area contributed by atoms with Crippen molar-refractivity contribution in [1.82, 2.24) is 14.5 Å². The number of rotatable bonds is 3. The van der Waals surface area contributed by atoms with Crippen LogP contribution in [0.15, 0.2) is 18.3 Å². The van der Waals surface area contributed by atoms with Gasteiger partial charge in [-0.2, -0.15) is 0 Å². The second-order valence-electron chi connectivity index (χ2n) is 3.85. The molecule has 1 atom stereocenters. The largest absolute Gasteiger partial charge is 0.330 e. The second-order valence-corrected chi connectivity index (χ2v) is 3.85. The minimum Gasteiger partial charge on any atom is -0.330 e. The van der Waals surface area contributed by atoms with E-state index in [0.717, 1.165) is 23.4 Å². The SMILES string of the molecule is CC(CCN)c1nc2ncccc2n1C. The zero-order valence-electron chi connectivity index (χ0n) is 9.14. The molecule has 80 valence electrons. The van der Waals surface area contributed by atoms with Crippen LogP contribution in [0.3, 0.4) is 0 Å². The highest BCUT2D eigenvalue weighted by Crippen LogP contribution is 2.20. The Balaban J connectivity index is 2.48. The molecule has 2 aromatic rings. The molecule has 0 amide bonds. The summed E-state index contributed by atoms with van der Waals surface area (Å²) in [6, 6.07) is 3.97. The van der Waals surface area contributed by atoms with E-state index in [9.17, 15) is 0 Å². The van der Waals surface area contributed by atoms with E-state index in [-0.39, 0.29) is 0 Å². The number of nitrogens with two attached hydrogens (primary N) is 1. The Morgan fingerprint density at radius 2 is 2.33 bits per heavy atom. The van der Waals surface area contributed by atoms with Gasteiger partial charge in [0.1, 0.15) is 5.82 Å². The predicted octanol–water partition coefficient (Wildman–Crippen LogP) is 1.42. The summed E-state index contributed by atoms with van der Waals surface area (Å²) in [5.74, 6) is 1.45. The van der Waals surface area contributed by atoms with Crippen LogP contribution >= 0.6 is 0 Å². The number of fused-ring (bicyclic) bond motifs is 1. The van der Waals surface area contributed by atoms with Crippen molar-refractivity contribution in [3.05, 3.63) is 24.2 Å². The number of imidazole rings is 1. The van der Waals surface area contributed by atoms with Crippen LogP contribution in [0.2, 0.25) is 0 Å². The van der Waals surface area contributed by atoms with Gasteiger partial charge in [-0.25, -0.2) is 9.97 Å². The molecule has 0 fully saturated rings. The van der Waals surface area contributed by atoms with Crippen LogP contribution in [-0.4, -0.2) is 21.1 Å². The normalized spacial score (nSPS) is 13.3. The van der Waals surface area contributed by atoms with E-state index >= 15 is 0 Å². The lowest BCUT2D eigenvalue weighted by Gasteiger charge is -2.09.